The van der Waals surface area contributed by atoms with Crippen LogP contribution in [-0.4, -0.2) is 69.5 Å². The van der Waals surface area contributed by atoms with Gasteiger partial charge in [0.15, 0.2) is 0 Å². The predicted octanol–water partition coefficient (Wildman–Crippen LogP) is -2.04. The number of nitrogens with two attached hydrogens (primary N) is 3. The molecule has 0 aromatic rings. The summed E-state index contributed by atoms with van der Waals surface area (Å²) in [6.07, 6.45) is 1.47. The number of rotatable bonds is 13. The lowest BCUT2D eigenvalue weighted by molar-refractivity contribution is 0.0135. The van der Waals surface area contributed by atoms with E-state index in [0.29, 0.717) is 58.4 Å². The molecule has 0 rings (SSSR count). The Morgan fingerprint density at radius 1 is 1.00 bits per heavy atom. The highest BCUT2D eigenvalue weighted by Gasteiger charge is 1.96. The van der Waals surface area contributed by atoms with Crippen LogP contribution in [0.3, 0.4) is 0 Å². The Morgan fingerprint density at radius 3 is 2.05 bits per heavy atom. The molecular weight excluding hydrogens is 252 g/mol. The smallest absolute Gasteiger partial charge is 0.0840 e. The van der Waals surface area contributed by atoms with E-state index >= 15 is 0 Å². The van der Waals surface area contributed by atoms with Crippen LogP contribution in [-0.2, 0) is 14.2 Å². The quantitative estimate of drug-likeness (QED) is 0.172. The maximum absolute atomic E-state index is 8.69. The lowest BCUT2D eigenvalue weighted by Gasteiger charge is -2.14. The summed E-state index contributed by atoms with van der Waals surface area (Å²) in [6.45, 7) is 3.87. The number of hydrazine groups is 1. The van der Waals surface area contributed by atoms with E-state index in [9.17, 15) is 0 Å². The highest BCUT2D eigenvalue weighted by molar-refractivity contribution is 4.94. The molecule has 0 aromatic carbocycles. The number of hydrogen-bond donors (Lipinski definition) is 4. The standard InChI is InChI=1S/C11H26N4O4/c12-1-3-17-5-7-19-8-6-18-4-2-15(14)9-11(13)10-16/h9,16H,1-8,10,12-14H2/b11-9-. The summed E-state index contributed by atoms with van der Waals surface area (Å²) in [5.41, 5.74) is 11.0. The SMILES string of the molecule is NCCOCCOCCOCCN(N)/C=C(\N)CO. The molecule has 0 amide bonds. The highest BCUT2D eigenvalue weighted by atomic mass is 16.5. The fourth-order valence-electron chi connectivity index (χ4n) is 1.11. The zero-order chi connectivity index (χ0) is 14.3. The number of aliphatic hydroxyl groups is 1. The molecule has 0 saturated carbocycles. The highest BCUT2D eigenvalue weighted by Crippen LogP contribution is 1.87. The molecular formula is C11H26N4O4. The summed E-state index contributed by atoms with van der Waals surface area (Å²) in [6, 6.07) is 0. The van der Waals surface area contributed by atoms with Gasteiger partial charge in [0, 0.05) is 12.7 Å². The van der Waals surface area contributed by atoms with Crippen molar-refractivity contribution in [3.8, 4) is 0 Å². The first kappa shape index (κ1) is 18.1. The van der Waals surface area contributed by atoms with Crippen LogP contribution in [0.2, 0.25) is 0 Å². The monoisotopic (exact) mass is 278 g/mol. The van der Waals surface area contributed by atoms with Gasteiger partial charge in [0.1, 0.15) is 0 Å². The number of hydrogen-bond acceptors (Lipinski definition) is 8. The van der Waals surface area contributed by atoms with Gasteiger partial charge in [0.05, 0.1) is 58.5 Å². The van der Waals surface area contributed by atoms with Crippen LogP contribution < -0.4 is 17.3 Å². The number of aliphatic hydroxyl groups excluding tert-OH is 1. The molecule has 0 heterocycles. The Bertz CT molecular complexity index is 229. The van der Waals surface area contributed by atoms with Gasteiger partial charge in [0.2, 0.25) is 0 Å². The molecule has 0 aliphatic rings. The van der Waals surface area contributed by atoms with Crippen molar-refractivity contribution in [2.45, 2.75) is 0 Å². The molecule has 0 aromatic heterocycles. The van der Waals surface area contributed by atoms with Crippen molar-refractivity contribution in [3.05, 3.63) is 11.9 Å². The summed E-state index contributed by atoms with van der Waals surface area (Å²) < 4.78 is 15.7. The largest absolute Gasteiger partial charge is 0.399 e. The Hall–Kier alpha value is -0.900. The van der Waals surface area contributed by atoms with Crippen molar-refractivity contribution < 1.29 is 19.3 Å². The van der Waals surface area contributed by atoms with E-state index in [-0.39, 0.29) is 6.61 Å². The van der Waals surface area contributed by atoms with Gasteiger partial charge in [-0.25, -0.2) is 5.84 Å². The zero-order valence-corrected chi connectivity index (χ0v) is 11.3. The van der Waals surface area contributed by atoms with Gasteiger partial charge in [-0.1, -0.05) is 0 Å². The van der Waals surface area contributed by atoms with E-state index in [2.05, 4.69) is 0 Å². The van der Waals surface area contributed by atoms with E-state index in [1.807, 2.05) is 0 Å². The molecule has 114 valence electrons. The molecule has 0 aliphatic heterocycles. The van der Waals surface area contributed by atoms with Gasteiger partial charge >= 0.3 is 0 Å². The summed E-state index contributed by atoms with van der Waals surface area (Å²) in [7, 11) is 0. The van der Waals surface area contributed by atoms with Crippen molar-refractivity contribution >= 4 is 0 Å². The first-order chi connectivity index (χ1) is 9.20. The first-order valence-corrected chi connectivity index (χ1v) is 6.22. The first-order valence-electron chi connectivity index (χ1n) is 6.22. The third-order valence-corrected chi connectivity index (χ3v) is 2.01. The fraction of sp³-hybridized carbons (Fsp3) is 0.818. The molecule has 0 atom stereocenters. The Balaban J connectivity index is 3.22. The average molecular weight is 278 g/mol. The third-order valence-electron chi connectivity index (χ3n) is 2.01. The normalized spacial score (nSPS) is 11.8. The van der Waals surface area contributed by atoms with Crippen LogP contribution in [0.5, 0.6) is 0 Å². The van der Waals surface area contributed by atoms with Gasteiger partial charge in [-0.05, 0) is 0 Å². The second-order valence-corrected chi connectivity index (χ2v) is 3.73. The number of nitrogens with zero attached hydrogens (tertiary/aromatic N) is 1. The van der Waals surface area contributed by atoms with Crippen molar-refractivity contribution in [1.82, 2.24) is 5.01 Å². The second kappa shape index (κ2) is 13.5. The summed E-state index contributed by atoms with van der Waals surface area (Å²) in [5, 5.41) is 10.1. The Labute approximate surface area is 114 Å². The van der Waals surface area contributed by atoms with Gasteiger partial charge in [-0.15, -0.1) is 0 Å². The topological polar surface area (TPSA) is 129 Å². The van der Waals surface area contributed by atoms with Gasteiger partial charge in [-0.2, -0.15) is 0 Å². The summed E-state index contributed by atoms with van der Waals surface area (Å²) in [4.78, 5) is 0. The molecule has 7 N–H and O–H groups in total. The van der Waals surface area contributed by atoms with E-state index in [0.717, 1.165) is 0 Å². The molecule has 0 aliphatic carbocycles. The van der Waals surface area contributed by atoms with Gasteiger partial charge in [-0.3, -0.25) is 0 Å². The lowest BCUT2D eigenvalue weighted by atomic mass is 10.5. The molecule has 0 radical (unpaired) electrons. The predicted molar refractivity (Wildman–Crippen MR) is 71.8 cm³/mol. The van der Waals surface area contributed by atoms with E-state index in [4.69, 9.17) is 36.6 Å². The van der Waals surface area contributed by atoms with Crippen LogP contribution in [0.1, 0.15) is 0 Å². The summed E-state index contributed by atoms with van der Waals surface area (Å²) >= 11 is 0. The molecule has 0 spiro atoms. The minimum absolute atomic E-state index is 0.214. The van der Waals surface area contributed by atoms with Crippen molar-refractivity contribution in [2.75, 3.05) is 59.3 Å². The van der Waals surface area contributed by atoms with E-state index < -0.39 is 0 Å². The van der Waals surface area contributed by atoms with Crippen LogP contribution in [0.25, 0.3) is 0 Å². The van der Waals surface area contributed by atoms with Crippen molar-refractivity contribution in [1.29, 1.82) is 0 Å². The minimum atomic E-state index is -0.214. The molecule has 8 heteroatoms. The Kier molecular flexibility index (Phi) is 12.9. The average Bonchev–Trinajstić information content (AvgIpc) is 2.40. The molecule has 0 saturated heterocycles. The van der Waals surface area contributed by atoms with E-state index in [1.165, 1.54) is 11.2 Å². The van der Waals surface area contributed by atoms with Crippen LogP contribution >= 0.6 is 0 Å². The Morgan fingerprint density at radius 2 is 1.53 bits per heavy atom. The number of ether oxygens (including phenoxy) is 3. The second-order valence-electron chi connectivity index (χ2n) is 3.73. The van der Waals surface area contributed by atoms with Crippen molar-refractivity contribution in [2.24, 2.45) is 17.3 Å². The van der Waals surface area contributed by atoms with Crippen LogP contribution in [0.4, 0.5) is 0 Å². The molecule has 0 bridgehead atoms. The van der Waals surface area contributed by atoms with E-state index in [1.54, 1.807) is 0 Å². The zero-order valence-electron chi connectivity index (χ0n) is 11.3. The fourth-order valence-corrected chi connectivity index (χ4v) is 1.11. The maximum Gasteiger partial charge on any atom is 0.0840 e. The summed E-state index contributed by atoms with van der Waals surface area (Å²) in [5.74, 6) is 5.59. The molecule has 0 fully saturated rings. The molecule has 0 unspecified atom stereocenters. The maximum atomic E-state index is 8.69. The van der Waals surface area contributed by atoms with Crippen LogP contribution in [0, 0.1) is 0 Å². The third kappa shape index (κ3) is 13.3. The van der Waals surface area contributed by atoms with Gasteiger partial charge in [0.25, 0.3) is 0 Å². The van der Waals surface area contributed by atoms with Crippen molar-refractivity contribution in [3.63, 3.8) is 0 Å². The van der Waals surface area contributed by atoms with Crippen LogP contribution in [0.15, 0.2) is 11.9 Å². The molecule has 8 nitrogen and oxygen atoms in total. The molecule has 19 heavy (non-hydrogen) atoms. The van der Waals surface area contributed by atoms with Gasteiger partial charge < -0.3 is 35.8 Å². The lowest BCUT2D eigenvalue weighted by Crippen LogP contribution is -2.30. The minimum Gasteiger partial charge on any atom is -0.399 e.